The fourth-order valence-corrected chi connectivity index (χ4v) is 4.65. The van der Waals surface area contributed by atoms with Crippen LogP contribution < -0.4 is 5.32 Å². The molecule has 29 heavy (non-hydrogen) atoms. The predicted octanol–water partition coefficient (Wildman–Crippen LogP) is 3.24. The number of amides is 1. The number of rotatable bonds is 7. The van der Waals surface area contributed by atoms with Gasteiger partial charge in [-0.15, -0.1) is 0 Å². The first-order valence-electron chi connectivity index (χ1n) is 9.77. The van der Waals surface area contributed by atoms with Crippen molar-refractivity contribution in [3.8, 4) is 0 Å². The standard InChI is InChI=1S/C21H26ClN3O3S/c1-29(27,28)25-13-10-17(11-14-25)20-9-8-18(15-24-20)21(26)23-12-4-6-16-5-2-3-7-19(16)22/h2-3,5,7-9,15,17H,4,6,10-14H2,1H3,(H,23,26). The van der Waals surface area contributed by atoms with E-state index in [1.54, 1.807) is 12.3 Å². The number of hydrogen-bond donors (Lipinski definition) is 1. The first-order valence-corrected chi connectivity index (χ1v) is 12.0. The number of sulfonamides is 1. The molecule has 6 nitrogen and oxygen atoms in total. The van der Waals surface area contributed by atoms with Gasteiger partial charge in [0.05, 0.1) is 11.8 Å². The van der Waals surface area contributed by atoms with E-state index in [-0.39, 0.29) is 11.8 Å². The SMILES string of the molecule is CS(=O)(=O)N1CCC(c2ccc(C(=O)NCCCc3ccccc3Cl)cn2)CC1. The molecule has 1 aliphatic rings. The van der Waals surface area contributed by atoms with E-state index in [0.717, 1.165) is 42.0 Å². The van der Waals surface area contributed by atoms with Crippen LogP contribution in [0, 0.1) is 0 Å². The quantitative estimate of drug-likeness (QED) is 0.677. The van der Waals surface area contributed by atoms with Crippen LogP contribution in [0.5, 0.6) is 0 Å². The van der Waals surface area contributed by atoms with Gasteiger partial charge >= 0.3 is 0 Å². The molecule has 1 N–H and O–H groups in total. The van der Waals surface area contributed by atoms with Crippen molar-refractivity contribution in [2.24, 2.45) is 0 Å². The lowest BCUT2D eigenvalue weighted by atomic mass is 9.94. The van der Waals surface area contributed by atoms with Gasteiger partial charge in [-0.2, -0.15) is 0 Å². The summed E-state index contributed by atoms with van der Waals surface area (Å²) in [6.45, 7) is 1.59. The van der Waals surface area contributed by atoms with Crippen molar-refractivity contribution in [1.82, 2.24) is 14.6 Å². The smallest absolute Gasteiger partial charge is 0.252 e. The molecule has 1 fully saturated rings. The Morgan fingerprint density at radius 1 is 1.21 bits per heavy atom. The normalized spacial score (nSPS) is 15.9. The van der Waals surface area contributed by atoms with Crippen LogP contribution in [0.1, 0.15) is 46.8 Å². The summed E-state index contributed by atoms with van der Waals surface area (Å²) in [4.78, 5) is 16.8. The second kappa shape index (κ2) is 9.69. The first kappa shape index (κ1) is 21.7. The first-order chi connectivity index (χ1) is 13.8. The van der Waals surface area contributed by atoms with E-state index in [0.29, 0.717) is 25.2 Å². The molecular weight excluding hydrogens is 410 g/mol. The van der Waals surface area contributed by atoms with Gasteiger partial charge in [0.2, 0.25) is 10.0 Å². The molecule has 0 spiro atoms. The van der Waals surface area contributed by atoms with E-state index in [9.17, 15) is 13.2 Å². The second-order valence-electron chi connectivity index (χ2n) is 7.36. The molecule has 8 heteroatoms. The van der Waals surface area contributed by atoms with Crippen molar-refractivity contribution in [3.05, 3.63) is 64.4 Å². The average Bonchev–Trinajstić information content (AvgIpc) is 2.72. The minimum atomic E-state index is -3.13. The maximum atomic E-state index is 12.3. The van der Waals surface area contributed by atoms with Crippen molar-refractivity contribution in [1.29, 1.82) is 0 Å². The Hall–Kier alpha value is -1.96. The lowest BCUT2D eigenvalue weighted by Gasteiger charge is -2.29. The summed E-state index contributed by atoms with van der Waals surface area (Å²) in [6, 6.07) is 11.4. The number of hydrogen-bond acceptors (Lipinski definition) is 4. The molecule has 1 aromatic carbocycles. The summed E-state index contributed by atoms with van der Waals surface area (Å²) in [5, 5.41) is 3.67. The number of nitrogens with zero attached hydrogens (tertiary/aromatic N) is 2. The Balaban J connectivity index is 1.46. The van der Waals surface area contributed by atoms with Crippen LogP contribution in [-0.2, 0) is 16.4 Å². The summed E-state index contributed by atoms with van der Waals surface area (Å²) >= 11 is 6.14. The van der Waals surface area contributed by atoms with Crippen LogP contribution in [0.2, 0.25) is 5.02 Å². The number of piperidine rings is 1. The Morgan fingerprint density at radius 3 is 2.55 bits per heavy atom. The molecule has 1 saturated heterocycles. The van der Waals surface area contributed by atoms with Gasteiger partial charge in [0, 0.05) is 42.5 Å². The van der Waals surface area contributed by atoms with Crippen molar-refractivity contribution in [2.75, 3.05) is 25.9 Å². The molecule has 0 unspecified atom stereocenters. The second-order valence-corrected chi connectivity index (χ2v) is 9.75. The van der Waals surface area contributed by atoms with Gasteiger partial charge in [-0.05, 0) is 49.4 Å². The van der Waals surface area contributed by atoms with E-state index in [1.165, 1.54) is 10.6 Å². The van der Waals surface area contributed by atoms with Gasteiger partial charge in [-0.1, -0.05) is 29.8 Å². The molecule has 0 saturated carbocycles. The van der Waals surface area contributed by atoms with Crippen LogP contribution >= 0.6 is 11.6 Å². The number of halogens is 1. The third-order valence-electron chi connectivity index (χ3n) is 5.26. The van der Waals surface area contributed by atoms with Gasteiger partial charge in [0.25, 0.3) is 5.91 Å². The number of aromatic nitrogens is 1. The molecule has 3 rings (SSSR count). The Kier molecular flexibility index (Phi) is 7.27. The van der Waals surface area contributed by atoms with E-state index >= 15 is 0 Å². The maximum absolute atomic E-state index is 12.3. The summed E-state index contributed by atoms with van der Waals surface area (Å²) in [6.07, 6.45) is 5.94. The van der Waals surface area contributed by atoms with Gasteiger partial charge < -0.3 is 5.32 Å². The van der Waals surface area contributed by atoms with E-state index in [1.807, 2.05) is 30.3 Å². The van der Waals surface area contributed by atoms with Gasteiger partial charge in [0.15, 0.2) is 0 Å². The number of pyridine rings is 1. The zero-order valence-corrected chi connectivity index (χ0v) is 18.0. The molecular formula is C21H26ClN3O3S. The molecule has 1 aromatic heterocycles. The third kappa shape index (κ3) is 6.01. The van der Waals surface area contributed by atoms with Crippen LogP contribution in [0.15, 0.2) is 42.6 Å². The summed E-state index contributed by atoms with van der Waals surface area (Å²) in [7, 11) is -3.13. The van der Waals surface area contributed by atoms with Crippen LogP contribution in [0.3, 0.4) is 0 Å². The van der Waals surface area contributed by atoms with Crippen molar-refractivity contribution in [3.63, 3.8) is 0 Å². The lowest BCUT2D eigenvalue weighted by Crippen LogP contribution is -2.37. The molecule has 0 atom stereocenters. The zero-order valence-electron chi connectivity index (χ0n) is 16.5. The molecule has 0 aliphatic carbocycles. The fraction of sp³-hybridized carbons (Fsp3) is 0.429. The maximum Gasteiger partial charge on any atom is 0.252 e. The van der Waals surface area contributed by atoms with Gasteiger partial charge in [-0.25, -0.2) is 12.7 Å². The minimum absolute atomic E-state index is 0.143. The summed E-state index contributed by atoms with van der Waals surface area (Å²) in [5.41, 5.74) is 2.52. The largest absolute Gasteiger partial charge is 0.352 e. The number of nitrogens with one attached hydrogen (secondary N) is 1. The Labute approximate surface area is 177 Å². The van der Waals surface area contributed by atoms with Crippen molar-refractivity contribution < 1.29 is 13.2 Å². The molecule has 1 aliphatic heterocycles. The molecule has 0 radical (unpaired) electrons. The lowest BCUT2D eigenvalue weighted by molar-refractivity contribution is 0.0952. The molecule has 156 valence electrons. The topological polar surface area (TPSA) is 79.4 Å². The number of aryl methyl sites for hydroxylation is 1. The highest BCUT2D eigenvalue weighted by atomic mass is 35.5. The number of carbonyl (C=O) groups is 1. The zero-order chi connectivity index (χ0) is 20.9. The highest BCUT2D eigenvalue weighted by molar-refractivity contribution is 7.88. The van der Waals surface area contributed by atoms with E-state index in [2.05, 4.69) is 10.3 Å². The monoisotopic (exact) mass is 435 g/mol. The highest BCUT2D eigenvalue weighted by Gasteiger charge is 2.26. The van der Waals surface area contributed by atoms with Crippen LogP contribution in [0.4, 0.5) is 0 Å². The highest BCUT2D eigenvalue weighted by Crippen LogP contribution is 2.27. The van der Waals surface area contributed by atoms with Gasteiger partial charge in [-0.3, -0.25) is 9.78 Å². The fourth-order valence-electron chi connectivity index (χ4n) is 3.55. The van der Waals surface area contributed by atoms with Crippen molar-refractivity contribution in [2.45, 2.75) is 31.6 Å². The molecule has 0 bridgehead atoms. The molecule has 1 amide bonds. The Bertz CT molecular complexity index is 940. The molecule has 2 aromatic rings. The third-order valence-corrected chi connectivity index (χ3v) is 6.93. The van der Waals surface area contributed by atoms with E-state index in [4.69, 9.17) is 11.6 Å². The molecule has 2 heterocycles. The van der Waals surface area contributed by atoms with Crippen LogP contribution in [0.25, 0.3) is 0 Å². The average molecular weight is 436 g/mol. The van der Waals surface area contributed by atoms with Gasteiger partial charge in [0.1, 0.15) is 0 Å². The number of benzene rings is 1. The van der Waals surface area contributed by atoms with Crippen molar-refractivity contribution >= 4 is 27.5 Å². The van der Waals surface area contributed by atoms with Crippen LogP contribution in [-0.4, -0.2) is 49.5 Å². The number of carbonyl (C=O) groups excluding carboxylic acids is 1. The predicted molar refractivity (Wildman–Crippen MR) is 115 cm³/mol. The summed E-state index contributed by atoms with van der Waals surface area (Å²) in [5.74, 6) is 0.0795. The minimum Gasteiger partial charge on any atom is -0.352 e. The van der Waals surface area contributed by atoms with E-state index < -0.39 is 10.0 Å². The Morgan fingerprint density at radius 2 is 1.93 bits per heavy atom. The summed E-state index contributed by atoms with van der Waals surface area (Å²) < 4.78 is 24.7.